The summed E-state index contributed by atoms with van der Waals surface area (Å²) in [5, 5.41) is 12.0. The fraction of sp³-hybridized carbons (Fsp3) is 0.458. The molecule has 0 amide bonds. The highest BCUT2D eigenvalue weighted by atomic mass is 16.5. The molecule has 0 aliphatic heterocycles. The molecule has 27 heavy (non-hydrogen) atoms. The third kappa shape index (κ3) is 3.60. The van der Waals surface area contributed by atoms with Crippen molar-refractivity contribution in [3.8, 4) is 16.9 Å². The van der Waals surface area contributed by atoms with Gasteiger partial charge in [-0.05, 0) is 83.5 Å². The lowest BCUT2D eigenvalue weighted by atomic mass is 9.62. The van der Waals surface area contributed by atoms with E-state index in [1.54, 1.807) is 0 Å². The lowest BCUT2D eigenvalue weighted by Crippen LogP contribution is -2.34. The van der Waals surface area contributed by atoms with Crippen molar-refractivity contribution in [3.63, 3.8) is 0 Å². The highest BCUT2D eigenvalue weighted by molar-refractivity contribution is 5.84. The van der Waals surface area contributed by atoms with Gasteiger partial charge in [0.25, 0.3) is 0 Å². The summed E-state index contributed by atoms with van der Waals surface area (Å²) in [5.41, 5.74) is 7.69. The Balaban J connectivity index is 2.21. The van der Waals surface area contributed by atoms with Crippen molar-refractivity contribution in [2.75, 3.05) is 6.61 Å². The van der Waals surface area contributed by atoms with Gasteiger partial charge < -0.3 is 9.94 Å². The molecule has 3 rings (SSSR count). The van der Waals surface area contributed by atoms with E-state index in [4.69, 9.17) is 9.94 Å². The minimum absolute atomic E-state index is 0.169. The Morgan fingerprint density at radius 2 is 1.63 bits per heavy atom. The van der Waals surface area contributed by atoms with E-state index in [2.05, 4.69) is 58.0 Å². The zero-order valence-corrected chi connectivity index (χ0v) is 17.4. The second-order valence-corrected chi connectivity index (χ2v) is 8.91. The Hall–Kier alpha value is -2.29. The molecule has 1 aliphatic rings. The summed E-state index contributed by atoms with van der Waals surface area (Å²) in [6.07, 6.45) is 3.84. The fourth-order valence-corrected chi connectivity index (χ4v) is 4.20. The second-order valence-electron chi connectivity index (χ2n) is 8.91. The van der Waals surface area contributed by atoms with Gasteiger partial charge in [0.1, 0.15) is 5.75 Å². The van der Waals surface area contributed by atoms with Gasteiger partial charge in [-0.2, -0.15) is 0 Å². The van der Waals surface area contributed by atoms with E-state index in [9.17, 15) is 0 Å². The number of hydrogen-bond acceptors (Lipinski definition) is 3. The Bertz CT molecular complexity index is 878. The summed E-state index contributed by atoms with van der Waals surface area (Å²) in [5.74, 6) is 0.825. The molecule has 0 spiro atoms. The highest BCUT2D eigenvalue weighted by Crippen LogP contribution is 2.48. The van der Waals surface area contributed by atoms with Gasteiger partial charge in [0.15, 0.2) is 0 Å². The Kier molecular flexibility index (Phi) is 5.07. The van der Waals surface area contributed by atoms with E-state index >= 15 is 0 Å². The minimum Gasteiger partial charge on any atom is -0.493 e. The largest absolute Gasteiger partial charge is 0.493 e. The van der Waals surface area contributed by atoms with Gasteiger partial charge in [-0.25, -0.2) is 0 Å². The van der Waals surface area contributed by atoms with E-state index in [-0.39, 0.29) is 10.8 Å². The van der Waals surface area contributed by atoms with Crippen LogP contribution in [0.4, 0.5) is 0 Å². The summed E-state index contributed by atoms with van der Waals surface area (Å²) < 4.78 is 5.93. The third-order valence-corrected chi connectivity index (χ3v) is 6.00. The monoisotopic (exact) mass is 365 g/mol. The van der Waals surface area contributed by atoms with Crippen molar-refractivity contribution in [2.24, 2.45) is 5.16 Å². The quantitative estimate of drug-likeness (QED) is 0.397. The average Bonchev–Trinajstić information content (AvgIpc) is 2.60. The first-order chi connectivity index (χ1) is 12.7. The van der Waals surface area contributed by atoms with Gasteiger partial charge in [0, 0.05) is 5.56 Å². The topological polar surface area (TPSA) is 41.8 Å². The molecule has 144 valence electrons. The molecule has 0 atom stereocenters. The predicted molar refractivity (Wildman–Crippen MR) is 112 cm³/mol. The number of fused-ring (bicyclic) bond motifs is 1. The molecule has 0 unspecified atom stereocenters. The molecule has 0 fully saturated rings. The lowest BCUT2D eigenvalue weighted by Gasteiger charge is -2.42. The van der Waals surface area contributed by atoms with Crippen LogP contribution in [0.3, 0.4) is 0 Å². The first-order valence-electron chi connectivity index (χ1n) is 9.80. The standard InChI is InChI=1S/C24H31NO2/c1-7-27-22-13-17(15-25-26)8-9-18(22)19-14-21-20(12-16(19)2)23(3,4)10-11-24(21,5)6/h8-9,12-15,26H,7,10-11H2,1-6H3/b25-15+. The summed E-state index contributed by atoms with van der Waals surface area (Å²) >= 11 is 0. The second kappa shape index (κ2) is 7.03. The Morgan fingerprint density at radius 1 is 1.00 bits per heavy atom. The van der Waals surface area contributed by atoms with Crippen LogP contribution in [-0.2, 0) is 10.8 Å². The molecular formula is C24H31NO2. The third-order valence-electron chi connectivity index (χ3n) is 6.00. The van der Waals surface area contributed by atoms with Crippen molar-refractivity contribution in [1.29, 1.82) is 0 Å². The molecule has 0 radical (unpaired) electrons. The highest BCUT2D eigenvalue weighted by Gasteiger charge is 2.37. The molecule has 0 saturated heterocycles. The molecule has 2 aromatic rings. The first kappa shape index (κ1) is 19.5. The number of oxime groups is 1. The number of ether oxygens (including phenoxy) is 1. The van der Waals surface area contributed by atoms with Gasteiger partial charge in [-0.15, -0.1) is 0 Å². The molecule has 0 saturated carbocycles. The minimum atomic E-state index is 0.169. The average molecular weight is 366 g/mol. The van der Waals surface area contributed by atoms with Gasteiger partial charge in [0.2, 0.25) is 0 Å². The van der Waals surface area contributed by atoms with Crippen LogP contribution in [-0.4, -0.2) is 18.0 Å². The molecule has 0 bridgehead atoms. The number of rotatable bonds is 4. The molecule has 3 nitrogen and oxygen atoms in total. The van der Waals surface area contributed by atoms with Crippen LogP contribution < -0.4 is 4.74 Å². The first-order valence-corrected chi connectivity index (χ1v) is 9.80. The van der Waals surface area contributed by atoms with Crippen LogP contribution in [0.1, 0.15) is 69.7 Å². The van der Waals surface area contributed by atoms with Gasteiger partial charge in [-0.3, -0.25) is 0 Å². The smallest absolute Gasteiger partial charge is 0.127 e. The van der Waals surface area contributed by atoms with Crippen molar-refractivity contribution in [1.82, 2.24) is 0 Å². The number of hydrogen-bond donors (Lipinski definition) is 1. The van der Waals surface area contributed by atoms with Crippen molar-refractivity contribution in [3.05, 3.63) is 52.6 Å². The van der Waals surface area contributed by atoms with Crippen molar-refractivity contribution < 1.29 is 9.94 Å². The molecule has 0 aromatic heterocycles. The fourth-order valence-electron chi connectivity index (χ4n) is 4.20. The summed E-state index contributed by atoms with van der Waals surface area (Å²) in [6, 6.07) is 10.7. The van der Waals surface area contributed by atoms with E-state index in [1.807, 2.05) is 19.1 Å². The van der Waals surface area contributed by atoms with Crippen molar-refractivity contribution in [2.45, 2.75) is 65.2 Å². The number of nitrogens with zero attached hydrogens (tertiary/aromatic N) is 1. The molecule has 0 heterocycles. The van der Waals surface area contributed by atoms with Crippen LogP contribution >= 0.6 is 0 Å². The van der Waals surface area contributed by atoms with Crippen molar-refractivity contribution >= 4 is 6.21 Å². The summed E-state index contributed by atoms with van der Waals surface area (Å²) in [4.78, 5) is 0. The number of benzene rings is 2. The van der Waals surface area contributed by atoms with Crippen LogP contribution in [0.5, 0.6) is 5.75 Å². The van der Waals surface area contributed by atoms with E-state index in [0.29, 0.717) is 6.61 Å². The van der Waals surface area contributed by atoms with Gasteiger partial charge >= 0.3 is 0 Å². The Morgan fingerprint density at radius 3 is 2.22 bits per heavy atom. The summed E-state index contributed by atoms with van der Waals surface area (Å²) in [6.45, 7) is 14.2. The predicted octanol–water partition coefficient (Wildman–Crippen LogP) is 6.22. The molecule has 1 aliphatic carbocycles. The summed E-state index contributed by atoms with van der Waals surface area (Å²) in [7, 11) is 0. The lowest BCUT2D eigenvalue weighted by molar-refractivity contribution is 0.321. The maximum atomic E-state index is 8.84. The SMILES string of the molecule is CCOc1cc(/C=N/O)ccc1-c1cc2c(cc1C)C(C)(C)CCC2(C)C. The molecular weight excluding hydrogens is 334 g/mol. The van der Waals surface area contributed by atoms with Crippen LogP contribution in [0.2, 0.25) is 0 Å². The normalized spacial score (nSPS) is 17.7. The van der Waals surface area contributed by atoms with Crippen LogP contribution in [0, 0.1) is 6.92 Å². The van der Waals surface area contributed by atoms with Crippen LogP contribution in [0.25, 0.3) is 11.1 Å². The molecule has 2 aromatic carbocycles. The Labute approximate surface area is 163 Å². The maximum Gasteiger partial charge on any atom is 0.127 e. The van der Waals surface area contributed by atoms with E-state index in [0.717, 1.165) is 16.9 Å². The van der Waals surface area contributed by atoms with E-state index in [1.165, 1.54) is 41.3 Å². The zero-order valence-electron chi connectivity index (χ0n) is 17.4. The number of aryl methyl sites for hydroxylation is 1. The van der Waals surface area contributed by atoms with Crippen LogP contribution in [0.15, 0.2) is 35.5 Å². The zero-order chi connectivity index (χ0) is 19.8. The molecule has 1 N–H and O–H groups in total. The maximum absolute atomic E-state index is 8.84. The van der Waals surface area contributed by atoms with Gasteiger partial charge in [0.05, 0.1) is 12.8 Å². The van der Waals surface area contributed by atoms with Gasteiger partial charge in [-0.1, -0.05) is 45.0 Å². The molecule has 3 heteroatoms. The van der Waals surface area contributed by atoms with E-state index < -0.39 is 0 Å².